The van der Waals surface area contributed by atoms with E-state index in [9.17, 15) is 18.3 Å². The lowest BCUT2D eigenvalue weighted by Crippen LogP contribution is -2.42. The summed E-state index contributed by atoms with van der Waals surface area (Å²) in [6.45, 7) is 1.53. The summed E-state index contributed by atoms with van der Waals surface area (Å²) in [5, 5.41) is 18.1. The Morgan fingerprint density at radius 3 is 2.61 bits per heavy atom. The van der Waals surface area contributed by atoms with Gasteiger partial charge in [0.2, 0.25) is 0 Å². The fourth-order valence-electron chi connectivity index (χ4n) is 3.98. The Morgan fingerprint density at radius 2 is 1.97 bits per heavy atom. The standard InChI is InChI=1S/C22H17ClF3N5O2/c1-22(32)8-11(9-22)31-18(20(25)26)12(10-29-31)19-16(21-27-6-3-7-28-21)17(30-33-19)15-13(23)4-2-5-14(15)24/h2-7,10-11,20,32H,8-9H2,1H3/i11D. The first kappa shape index (κ1) is 20.4. The zero-order chi connectivity index (χ0) is 24.3. The zero-order valence-electron chi connectivity index (χ0n) is 18.1. The molecule has 0 spiro atoms. The maximum atomic E-state index is 14.7. The van der Waals surface area contributed by atoms with Crippen molar-refractivity contribution in [1.82, 2.24) is 24.9 Å². The van der Waals surface area contributed by atoms with E-state index in [2.05, 4.69) is 20.2 Å². The second-order valence-electron chi connectivity index (χ2n) is 7.98. The van der Waals surface area contributed by atoms with E-state index in [0.717, 1.165) is 10.9 Å². The average molecular weight is 477 g/mol. The van der Waals surface area contributed by atoms with Crippen molar-refractivity contribution in [3.05, 3.63) is 59.4 Å². The molecule has 0 saturated heterocycles. The second kappa shape index (κ2) is 7.96. The van der Waals surface area contributed by atoms with Gasteiger partial charge in [0.25, 0.3) is 6.43 Å². The first-order chi connectivity index (χ1) is 16.1. The van der Waals surface area contributed by atoms with Crippen molar-refractivity contribution in [3.8, 4) is 34.0 Å². The summed E-state index contributed by atoms with van der Waals surface area (Å²) in [4.78, 5) is 8.34. The van der Waals surface area contributed by atoms with Crippen LogP contribution in [-0.4, -0.2) is 35.6 Å². The highest BCUT2D eigenvalue weighted by Crippen LogP contribution is 2.47. The number of halogens is 4. The molecule has 0 radical (unpaired) electrons. The number of nitrogens with zero attached hydrogens (tertiary/aromatic N) is 5. The average Bonchev–Trinajstić information content (AvgIpc) is 3.37. The molecule has 0 amide bonds. The van der Waals surface area contributed by atoms with Gasteiger partial charge in [0.05, 0.1) is 40.9 Å². The Morgan fingerprint density at radius 1 is 1.24 bits per heavy atom. The van der Waals surface area contributed by atoms with Crippen molar-refractivity contribution in [1.29, 1.82) is 0 Å². The Hall–Kier alpha value is -3.24. The quantitative estimate of drug-likeness (QED) is 0.410. The Labute approximate surface area is 192 Å². The van der Waals surface area contributed by atoms with Gasteiger partial charge in [-0.3, -0.25) is 4.68 Å². The molecule has 0 atom stereocenters. The lowest BCUT2D eigenvalue weighted by Gasteiger charge is -2.41. The molecule has 3 aromatic heterocycles. The van der Waals surface area contributed by atoms with Crippen LogP contribution in [0.2, 0.25) is 5.02 Å². The predicted molar refractivity (Wildman–Crippen MR) is 113 cm³/mol. The summed E-state index contributed by atoms with van der Waals surface area (Å²) in [6, 6.07) is 4.05. The van der Waals surface area contributed by atoms with Crippen LogP contribution in [0, 0.1) is 5.82 Å². The van der Waals surface area contributed by atoms with Crippen molar-refractivity contribution in [2.45, 2.75) is 37.8 Å². The molecule has 11 heteroatoms. The minimum absolute atomic E-state index is 0.0311. The fourth-order valence-corrected chi connectivity index (χ4v) is 4.23. The number of rotatable bonds is 5. The van der Waals surface area contributed by atoms with Crippen molar-refractivity contribution < 1.29 is 24.2 Å². The van der Waals surface area contributed by atoms with Crippen LogP contribution in [0.4, 0.5) is 13.2 Å². The summed E-state index contributed by atoms with van der Waals surface area (Å²) in [6.07, 6.45) is 0.784. The van der Waals surface area contributed by atoms with Crippen molar-refractivity contribution in [2.24, 2.45) is 0 Å². The maximum absolute atomic E-state index is 14.7. The van der Waals surface area contributed by atoms with Gasteiger partial charge in [-0.05, 0) is 38.0 Å². The zero-order valence-corrected chi connectivity index (χ0v) is 17.9. The van der Waals surface area contributed by atoms with Gasteiger partial charge in [0.1, 0.15) is 17.2 Å². The van der Waals surface area contributed by atoms with Crippen LogP contribution in [0.15, 0.2) is 47.4 Å². The summed E-state index contributed by atoms with van der Waals surface area (Å²) in [5.74, 6) is -0.818. The van der Waals surface area contributed by atoms with E-state index in [1.807, 2.05) is 0 Å². The molecule has 0 bridgehead atoms. The predicted octanol–water partition coefficient (Wildman–Crippen LogP) is 5.48. The van der Waals surface area contributed by atoms with Crippen LogP contribution in [0.1, 0.15) is 39.3 Å². The molecule has 4 aromatic rings. The van der Waals surface area contributed by atoms with Crippen LogP contribution in [0.25, 0.3) is 34.0 Å². The molecule has 5 rings (SSSR count). The number of hydrogen-bond acceptors (Lipinski definition) is 6. The molecule has 1 N–H and O–H groups in total. The molecule has 0 aliphatic heterocycles. The molecule has 1 fully saturated rings. The van der Waals surface area contributed by atoms with E-state index in [1.165, 1.54) is 37.5 Å². The molecule has 1 aliphatic carbocycles. The number of alkyl halides is 2. The van der Waals surface area contributed by atoms with E-state index in [1.54, 1.807) is 6.07 Å². The van der Waals surface area contributed by atoms with Gasteiger partial charge in [-0.25, -0.2) is 23.1 Å². The van der Waals surface area contributed by atoms with E-state index in [-0.39, 0.29) is 51.8 Å². The summed E-state index contributed by atoms with van der Waals surface area (Å²) in [7, 11) is 0. The number of benzene rings is 1. The number of aliphatic hydroxyl groups is 1. The van der Waals surface area contributed by atoms with E-state index in [0.29, 0.717) is 0 Å². The van der Waals surface area contributed by atoms with Gasteiger partial charge in [-0.2, -0.15) is 5.10 Å². The molecule has 7 nitrogen and oxygen atoms in total. The van der Waals surface area contributed by atoms with Gasteiger partial charge in [-0.15, -0.1) is 0 Å². The van der Waals surface area contributed by atoms with E-state index < -0.39 is 29.6 Å². The van der Waals surface area contributed by atoms with Crippen LogP contribution in [0.3, 0.4) is 0 Å². The lowest BCUT2D eigenvalue weighted by atomic mass is 9.77. The van der Waals surface area contributed by atoms with E-state index >= 15 is 0 Å². The molecular formula is C22H17ClF3N5O2. The largest absolute Gasteiger partial charge is 0.390 e. The normalized spacial score (nSPS) is 22.9. The maximum Gasteiger partial charge on any atom is 0.280 e. The van der Waals surface area contributed by atoms with Crippen molar-refractivity contribution in [3.63, 3.8) is 0 Å². The SMILES string of the molecule is [2H]C1(n2ncc(-c3onc(-c4c(F)cccc4Cl)c3-c3ncccn3)c2C(F)F)CC(C)(O)C1. The fraction of sp³-hybridized carbons (Fsp3) is 0.273. The van der Waals surface area contributed by atoms with Crippen LogP contribution in [-0.2, 0) is 0 Å². The minimum Gasteiger partial charge on any atom is -0.390 e. The highest BCUT2D eigenvalue weighted by molar-refractivity contribution is 6.33. The highest BCUT2D eigenvalue weighted by Gasteiger charge is 2.42. The summed E-state index contributed by atoms with van der Waals surface area (Å²) in [5.41, 5.74) is -2.01. The number of hydrogen-bond donors (Lipinski definition) is 1. The Balaban J connectivity index is 1.75. The van der Waals surface area contributed by atoms with Crippen LogP contribution >= 0.6 is 11.6 Å². The van der Waals surface area contributed by atoms with Gasteiger partial charge in [0.15, 0.2) is 11.6 Å². The van der Waals surface area contributed by atoms with Gasteiger partial charge >= 0.3 is 0 Å². The third kappa shape index (κ3) is 3.68. The Bertz CT molecular complexity index is 1350. The molecule has 170 valence electrons. The molecule has 1 saturated carbocycles. The van der Waals surface area contributed by atoms with Crippen LogP contribution < -0.4 is 0 Å². The molecule has 0 unspecified atom stereocenters. The van der Waals surface area contributed by atoms with Gasteiger partial charge in [-0.1, -0.05) is 22.8 Å². The van der Waals surface area contributed by atoms with Gasteiger partial charge in [0, 0.05) is 12.4 Å². The third-order valence-corrected chi connectivity index (χ3v) is 5.72. The topological polar surface area (TPSA) is 89.9 Å². The lowest BCUT2D eigenvalue weighted by molar-refractivity contribution is -0.0571. The highest BCUT2D eigenvalue weighted by atomic mass is 35.5. The monoisotopic (exact) mass is 476 g/mol. The molecule has 1 aromatic carbocycles. The molecular weight excluding hydrogens is 459 g/mol. The minimum atomic E-state index is -3.04. The van der Waals surface area contributed by atoms with Crippen molar-refractivity contribution >= 4 is 11.6 Å². The summed E-state index contributed by atoms with van der Waals surface area (Å²) < 4.78 is 58.2. The Kier molecular flexibility index (Phi) is 4.92. The van der Waals surface area contributed by atoms with Crippen LogP contribution in [0.5, 0.6) is 0 Å². The molecule has 3 heterocycles. The summed E-state index contributed by atoms with van der Waals surface area (Å²) >= 11 is 6.23. The first-order valence-electron chi connectivity index (χ1n) is 10.4. The van der Waals surface area contributed by atoms with Gasteiger partial charge < -0.3 is 9.63 Å². The molecule has 1 aliphatic rings. The molecule has 33 heavy (non-hydrogen) atoms. The number of aromatic nitrogens is 5. The van der Waals surface area contributed by atoms with Crippen molar-refractivity contribution in [2.75, 3.05) is 0 Å². The third-order valence-electron chi connectivity index (χ3n) is 5.41. The smallest absolute Gasteiger partial charge is 0.280 e. The second-order valence-corrected chi connectivity index (χ2v) is 8.38. The first-order valence-corrected chi connectivity index (χ1v) is 10.3. The van der Waals surface area contributed by atoms with E-state index in [4.69, 9.17) is 17.5 Å².